The average Bonchev–Trinajstić information content (AvgIpc) is 2.52. The highest BCUT2D eigenvalue weighted by Gasteiger charge is 2.18. The van der Waals surface area contributed by atoms with Crippen molar-refractivity contribution >= 4 is 6.03 Å². The van der Waals surface area contributed by atoms with Gasteiger partial charge in [0.1, 0.15) is 0 Å². The third-order valence-corrected chi connectivity index (χ3v) is 3.79. The zero-order chi connectivity index (χ0) is 13.1. The van der Waals surface area contributed by atoms with Gasteiger partial charge in [0.25, 0.3) is 0 Å². The minimum atomic E-state index is -0.0575. The third kappa shape index (κ3) is 2.83. The molecule has 2 rings (SSSR count). The van der Waals surface area contributed by atoms with Crippen molar-refractivity contribution in [3.8, 4) is 0 Å². The van der Waals surface area contributed by atoms with Crippen LogP contribution in [0, 0.1) is 20.8 Å². The number of aromatic nitrogens is 2. The highest BCUT2D eigenvalue weighted by Crippen LogP contribution is 2.17. The molecule has 5 nitrogen and oxygen atoms in total. The van der Waals surface area contributed by atoms with Crippen molar-refractivity contribution in [2.75, 3.05) is 6.54 Å². The number of carbonyl (C=O) groups is 1. The molecule has 2 N–H and O–H groups in total. The minimum absolute atomic E-state index is 0.0575. The molecule has 1 aromatic rings. The fourth-order valence-electron chi connectivity index (χ4n) is 2.07. The maximum Gasteiger partial charge on any atom is 0.315 e. The van der Waals surface area contributed by atoms with Crippen LogP contribution >= 0.6 is 0 Å². The van der Waals surface area contributed by atoms with Gasteiger partial charge in [-0.1, -0.05) is 0 Å². The summed E-state index contributed by atoms with van der Waals surface area (Å²) in [7, 11) is 0. The molecule has 1 saturated carbocycles. The van der Waals surface area contributed by atoms with Crippen LogP contribution in [-0.2, 0) is 6.54 Å². The number of rotatable bonds is 4. The van der Waals surface area contributed by atoms with E-state index >= 15 is 0 Å². The first-order chi connectivity index (χ1) is 8.58. The Morgan fingerprint density at radius 2 is 2.11 bits per heavy atom. The van der Waals surface area contributed by atoms with Crippen LogP contribution in [-0.4, -0.2) is 28.4 Å². The number of amides is 2. The Balaban J connectivity index is 1.74. The number of carbonyl (C=O) groups excluding carboxylic acids is 1. The van der Waals surface area contributed by atoms with Gasteiger partial charge < -0.3 is 10.6 Å². The van der Waals surface area contributed by atoms with Crippen molar-refractivity contribution in [2.24, 2.45) is 0 Å². The molecular formula is C13H22N4O. The lowest BCUT2D eigenvalue weighted by Gasteiger charge is -2.26. The van der Waals surface area contributed by atoms with Gasteiger partial charge in [0, 0.05) is 18.3 Å². The zero-order valence-electron chi connectivity index (χ0n) is 11.4. The quantitative estimate of drug-likeness (QED) is 0.854. The number of nitrogens with one attached hydrogen (secondary N) is 2. The molecule has 5 heteroatoms. The second kappa shape index (κ2) is 5.42. The van der Waals surface area contributed by atoms with E-state index in [9.17, 15) is 4.79 Å². The van der Waals surface area contributed by atoms with Gasteiger partial charge in [-0.25, -0.2) is 4.79 Å². The monoisotopic (exact) mass is 250 g/mol. The van der Waals surface area contributed by atoms with Gasteiger partial charge in [-0.15, -0.1) is 0 Å². The summed E-state index contributed by atoms with van der Waals surface area (Å²) < 4.78 is 1.95. The van der Waals surface area contributed by atoms with Gasteiger partial charge in [0.05, 0.1) is 12.2 Å². The number of nitrogens with zero attached hydrogens (tertiary/aromatic N) is 2. The fraction of sp³-hybridized carbons (Fsp3) is 0.692. The number of hydrogen-bond acceptors (Lipinski definition) is 2. The lowest BCUT2D eigenvalue weighted by molar-refractivity contribution is 0.228. The van der Waals surface area contributed by atoms with Crippen LogP contribution in [0.15, 0.2) is 0 Å². The van der Waals surface area contributed by atoms with E-state index in [-0.39, 0.29) is 6.03 Å². The summed E-state index contributed by atoms with van der Waals surface area (Å²) in [5, 5.41) is 10.3. The van der Waals surface area contributed by atoms with E-state index in [0.717, 1.165) is 25.1 Å². The van der Waals surface area contributed by atoms with E-state index in [4.69, 9.17) is 0 Å². The van der Waals surface area contributed by atoms with E-state index < -0.39 is 0 Å². The fourth-order valence-corrected chi connectivity index (χ4v) is 2.07. The lowest BCUT2D eigenvalue weighted by atomic mass is 9.93. The van der Waals surface area contributed by atoms with Crippen LogP contribution in [0.5, 0.6) is 0 Å². The van der Waals surface area contributed by atoms with Gasteiger partial charge in [0.2, 0.25) is 0 Å². The molecule has 18 heavy (non-hydrogen) atoms. The molecule has 1 fully saturated rings. The molecule has 0 atom stereocenters. The molecule has 0 unspecified atom stereocenters. The van der Waals surface area contributed by atoms with E-state index in [1.54, 1.807) is 0 Å². The van der Waals surface area contributed by atoms with Crippen LogP contribution in [0.2, 0.25) is 0 Å². The highest BCUT2D eigenvalue weighted by molar-refractivity contribution is 5.74. The van der Waals surface area contributed by atoms with Gasteiger partial charge in [0.15, 0.2) is 0 Å². The standard InChI is InChI=1S/C13H22N4O/c1-9-10(2)16-17(11(9)3)8-7-14-13(18)15-12-5-4-6-12/h12H,4-8H2,1-3H3,(H2,14,15,18). The highest BCUT2D eigenvalue weighted by atomic mass is 16.2. The summed E-state index contributed by atoms with van der Waals surface area (Å²) in [6, 6.07) is 0.332. The molecule has 1 aliphatic rings. The average molecular weight is 250 g/mol. The van der Waals surface area contributed by atoms with Crippen LogP contribution in [0.4, 0.5) is 4.79 Å². The Kier molecular flexibility index (Phi) is 3.89. The summed E-state index contributed by atoms with van der Waals surface area (Å²) in [6.07, 6.45) is 3.46. The smallest absolute Gasteiger partial charge is 0.315 e. The first kappa shape index (κ1) is 12.9. The van der Waals surface area contributed by atoms with Crippen LogP contribution in [0.25, 0.3) is 0 Å². The molecule has 0 aromatic carbocycles. The van der Waals surface area contributed by atoms with E-state index in [1.165, 1.54) is 17.7 Å². The number of aryl methyl sites for hydroxylation is 1. The summed E-state index contributed by atoms with van der Waals surface area (Å²) in [4.78, 5) is 11.5. The number of hydrogen-bond donors (Lipinski definition) is 2. The second-order valence-electron chi connectivity index (χ2n) is 5.05. The second-order valence-corrected chi connectivity index (χ2v) is 5.05. The molecular weight excluding hydrogens is 228 g/mol. The largest absolute Gasteiger partial charge is 0.336 e. The van der Waals surface area contributed by atoms with Crippen LogP contribution < -0.4 is 10.6 Å². The SMILES string of the molecule is Cc1nn(CCNC(=O)NC2CCC2)c(C)c1C. The predicted octanol–water partition coefficient (Wildman–Crippen LogP) is 1.66. The van der Waals surface area contributed by atoms with Crippen molar-refractivity contribution in [1.29, 1.82) is 0 Å². The zero-order valence-corrected chi connectivity index (χ0v) is 11.4. The van der Waals surface area contributed by atoms with Crippen molar-refractivity contribution in [1.82, 2.24) is 20.4 Å². The van der Waals surface area contributed by atoms with Crippen LogP contribution in [0.3, 0.4) is 0 Å². The Labute approximate surface area is 108 Å². The van der Waals surface area contributed by atoms with Gasteiger partial charge in [-0.05, 0) is 45.6 Å². The minimum Gasteiger partial charge on any atom is -0.336 e. The van der Waals surface area contributed by atoms with Gasteiger partial charge in [-0.3, -0.25) is 4.68 Å². The van der Waals surface area contributed by atoms with Gasteiger partial charge >= 0.3 is 6.03 Å². The first-order valence-electron chi connectivity index (χ1n) is 6.63. The van der Waals surface area contributed by atoms with Crippen molar-refractivity contribution in [2.45, 2.75) is 52.6 Å². The summed E-state index contributed by atoms with van der Waals surface area (Å²) in [5.41, 5.74) is 3.47. The molecule has 100 valence electrons. The third-order valence-electron chi connectivity index (χ3n) is 3.79. The first-order valence-corrected chi connectivity index (χ1v) is 6.63. The normalized spacial score (nSPS) is 15.3. The molecule has 0 radical (unpaired) electrons. The Bertz CT molecular complexity index is 434. The maximum atomic E-state index is 11.5. The predicted molar refractivity (Wildman–Crippen MR) is 70.6 cm³/mol. The molecule has 0 aliphatic heterocycles. The van der Waals surface area contributed by atoms with Crippen molar-refractivity contribution in [3.63, 3.8) is 0 Å². The molecule has 1 aromatic heterocycles. The van der Waals surface area contributed by atoms with Gasteiger partial charge in [-0.2, -0.15) is 5.10 Å². The number of urea groups is 1. The van der Waals surface area contributed by atoms with Crippen LogP contribution in [0.1, 0.15) is 36.2 Å². The topological polar surface area (TPSA) is 59.0 Å². The van der Waals surface area contributed by atoms with E-state index in [2.05, 4.69) is 29.6 Å². The molecule has 0 bridgehead atoms. The maximum absolute atomic E-state index is 11.5. The summed E-state index contributed by atoms with van der Waals surface area (Å²) in [6.45, 7) is 7.47. The summed E-state index contributed by atoms with van der Waals surface area (Å²) >= 11 is 0. The van der Waals surface area contributed by atoms with Crippen molar-refractivity contribution in [3.05, 3.63) is 17.0 Å². The molecule has 1 heterocycles. The van der Waals surface area contributed by atoms with E-state index in [0.29, 0.717) is 12.6 Å². The van der Waals surface area contributed by atoms with E-state index in [1.807, 2.05) is 11.6 Å². The lowest BCUT2D eigenvalue weighted by Crippen LogP contribution is -2.45. The molecule has 0 spiro atoms. The Morgan fingerprint density at radius 3 is 2.61 bits per heavy atom. The molecule has 1 aliphatic carbocycles. The molecule has 0 saturated heterocycles. The Hall–Kier alpha value is -1.52. The molecule has 2 amide bonds. The Morgan fingerprint density at radius 1 is 1.39 bits per heavy atom. The van der Waals surface area contributed by atoms with Crippen molar-refractivity contribution < 1.29 is 4.79 Å². The summed E-state index contributed by atoms with van der Waals surface area (Å²) in [5.74, 6) is 0.